The summed E-state index contributed by atoms with van der Waals surface area (Å²) in [5.74, 6) is 0.693. The van der Waals surface area contributed by atoms with Crippen LogP contribution in [-0.2, 0) is 5.41 Å². The first-order valence-corrected chi connectivity index (χ1v) is 25.0. The lowest BCUT2D eigenvalue weighted by Gasteiger charge is -2.32. The molecule has 1 atom stereocenters. The van der Waals surface area contributed by atoms with Gasteiger partial charge in [0.2, 0.25) is 0 Å². The Morgan fingerprint density at radius 1 is 0.507 bits per heavy atom. The van der Waals surface area contributed by atoms with E-state index in [1.807, 2.05) is 0 Å². The highest BCUT2D eigenvalue weighted by molar-refractivity contribution is 6.16. The van der Waals surface area contributed by atoms with E-state index in [-0.39, 0.29) is 17.4 Å². The summed E-state index contributed by atoms with van der Waals surface area (Å²) in [6.07, 6.45) is 14.7. The van der Waals surface area contributed by atoms with Crippen LogP contribution in [0.5, 0.6) is 0 Å². The summed E-state index contributed by atoms with van der Waals surface area (Å²) in [4.78, 5) is 10.9. The zero-order chi connectivity index (χ0) is 48.3. The molecule has 1 aliphatic carbocycles. The van der Waals surface area contributed by atoms with Crippen molar-refractivity contribution in [3.8, 4) is 55.9 Å². The first kappa shape index (κ1) is 45.1. The first-order chi connectivity index (χ1) is 34.8. The van der Waals surface area contributed by atoms with Crippen molar-refractivity contribution >= 4 is 33.0 Å². The highest BCUT2D eigenvalue weighted by Crippen LogP contribution is 2.50. The van der Waals surface area contributed by atoms with Gasteiger partial charge in [-0.15, -0.1) is 0 Å². The third-order valence-electron chi connectivity index (χ3n) is 13.8. The van der Waals surface area contributed by atoms with Crippen LogP contribution in [0.3, 0.4) is 0 Å². The number of hydrogen-bond acceptors (Lipinski definition) is 2. The second-order valence-electron chi connectivity index (χ2n) is 19.6. The lowest BCUT2D eigenvalue weighted by molar-refractivity contribution is 0.560. The molecular weight excluding hydrogens is 859 g/mol. The van der Waals surface area contributed by atoms with Gasteiger partial charge in [-0.1, -0.05) is 240 Å². The molecule has 344 valence electrons. The smallest absolute Gasteiger partial charge is 0.160 e. The largest absolute Gasteiger partial charge is 0.331 e. The van der Waals surface area contributed by atoms with Crippen LogP contribution in [-0.4, -0.2) is 14.5 Å². The molecule has 0 bridgehead atoms. The SMILES string of the molecule is CC/C=C(\C=C(\c1ccccc1)C(C1C=CC=C1)n1c2c(-c3ccccc3)cc(-c3ccccc3)cc2c2cc(-c3ccccc3)cc(C(C)(C)C)c21)c1nc(-c2ccccc2)cc(-c2ccccc2)n1. The van der Waals surface area contributed by atoms with Gasteiger partial charge < -0.3 is 4.57 Å². The van der Waals surface area contributed by atoms with Crippen molar-refractivity contribution < 1.29 is 0 Å². The highest BCUT2D eigenvalue weighted by Gasteiger charge is 2.34. The van der Waals surface area contributed by atoms with Gasteiger partial charge in [0.25, 0.3) is 0 Å². The van der Waals surface area contributed by atoms with Gasteiger partial charge in [-0.25, -0.2) is 9.97 Å². The van der Waals surface area contributed by atoms with Crippen molar-refractivity contribution in [3.05, 3.63) is 266 Å². The Bertz CT molecular complexity index is 3550. The Kier molecular flexibility index (Phi) is 12.4. The first-order valence-electron chi connectivity index (χ1n) is 25.0. The Balaban J connectivity index is 1.28. The minimum atomic E-state index is -0.236. The van der Waals surface area contributed by atoms with Gasteiger partial charge in [0.05, 0.1) is 28.5 Å². The summed E-state index contributed by atoms with van der Waals surface area (Å²) in [5.41, 5.74) is 17.8. The topological polar surface area (TPSA) is 30.7 Å². The molecule has 3 heteroatoms. The second kappa shape index (κ2) is 19.5. The van der Waals surface area contributed by atoms with E-state index in [0.29, 0.717) is 5.82 Å². The summed E-state index contributed by atoms with van der Waals surface area (Å²) in [6.45, 7) is 9.31. The molecular formula is C68H57N3. The molecule has 10 aromatic rings. The second-order valence-corrected chi connectivity index (χ2v) is 19.6. The Hall–Kier alpha value is -8.40. The van der Waals surface area contributed by atoms with Gasteiger partial charge in [0.15, 0.2) is 5.82 Å². The van der Waals surface area contributed by atoms with Gasteiger partial charge >= 0.3 is 0 Å². The molecule has 0 spiro atoms. The van der Waals surface area contributed by atoms with Crippen molar-refractivity contribution in [2.45, 2.75) is 45.6 Å². The van der Waals surface area contributed by atoms with Crippen molar-refractivity contribution in [2.75, 3.05) is 0 Å². The molecule has 8 aromatic carbocycles. The fraction of sp³-hybridized carbons (Fsp3) is 0.118. The van der Waals surface area contributed by atoms with Crippen molar-refractivity contribution in [2.24, 2.45) is 5.92 Å². The molecule has 0 N–H and O–H groups in total. The molecule has 71 heavy (non-hydrogen) atoms. The Morgan fingerprint density at radius 2 is 0.958 bits per heavy atom. The van der Waals surface area contributed by atoms with E-state index in [1.165, 1.54) is 66.3 Å². The van der Waals surface area contributed by atoms with Gasteiger partial charge in [0, 0.05) is 39.0 Å². The van der Waals surface area contributed by atoms with Gasteiger partial charge in [-0.05, 0) is 92.8 Å². The third kappa shape index (κ3) is 9.04. The zero-order valence-corrected chi connectivity index (χ0v) is 40.9. The molecule has 0 radical (unpaired) electrons. The van der Waals surface area contributed by atoms with Crippen LogP contribution in [0.2, 0.25) is 0 Å². The summed E-state index contributed by atoms with van der Waals surface area (Å²) in [5, 5.41) is 2.46. The number of aromatic nitrogens is 3. The monoisotopic (exact) mass is 915 g/mol. The average molecular weight is 916 g/mol. The normalized spacial score (nSPS) is 13.6. The summed E-state index contributed by atoms with van der Waals surface area (Å²) in [7, 11) is 0. The van der Waals surface area contributed by atoms with Crippen LogP contribution in [0.15, 0.2) is 249 Å². The fourth-order valence-corrected chi connectivity index (χ4v) is 10.4. The molecule has 0 saturated carbocycles. The zero-order valence-electron chi connectivity index (χ0n) is 40.9. The van der Waals surface area contributed by atoms with E-state index in [2.05, 4.69) is 281 Å². The molecule has 0 amide bonds. The van der Waals surface area contributed by atoms with Crippen LogP contribution in [0.25, 0.3) is 88.8 Å². The summed E-state index contributed by atoms with van der Waals surface area (Å²) >= 11 is 0. The van der Waals surface area contributed by atoms with Crippen LogP contribution in [0.4, 0.5) is 0 Å². The highest BCUT2D eigenvalue weighted by atomic mass is 15.0. The molecule has 0 fully saturated rings. The van der Waals surface area contributed by atoms with Gasteiger partial charge in [-0.3, -0.25) is 0 Å². The minimum absolute atomic E-state index is 0.00127. The molecule has 2 aromatic heterocycles. The molecule has 2 heterocycles. The molecule has 1 aliphatic rings. The molecule has 0 aliphatic heterocycles. The van der Waals surface area contributed by atoms with E-state index in [0.717, 1.165) is 40.1 Å². The van der Waals surface area contributed by atoms with Crippen LogP contribution in [0, 0.1) is 5.92 Å². The number of hydrogen-bond donors (Lipinski definition) is 0. The molecule has 3 nitrogen and oxygen atoms in total. The standard InChI is InChI=1S/C68H57N3/c1-5-26-54(67-69-62(51-35-20-10-21-36-51)46-63(70-67)52-37-22-11-23-38-52)41-57(49-31-16-8-17-32-49)64(53-39-24-25-40-53)71-65-58(50-33-18-9-19-34-50)42-55(47-27-12-6-13-28-47)43-59(65)60-44-56(48-29-14-7-15-30-48)45-61(66(60)71)68(2,3)4/h6-46,53,64H,5H2,1-4H3/b54-26+,57-41-. The maximum atomic E-state index is 5.43. The minimum Gasteiger partial charge on any atom is -0.331 e. The fourth-order valence-electron chi connectivity index (χ4n) is 10.4. The maximum Gasteiger partial charge on any atom is 0.160 e. The Labute approximate surface area is 418 Å². The Morgan fingerprint density at radius 3 is 1.45 bits per heavy atom. The number of rotatable bonds is 12. The number of nitrogens with zero attached hydrogens (tertiary/aromatic N) is 3. The quantitative estimate of drug-likeness (QED) is 0.114. The number of allylic oxidation sites excluding steroid dienone is 8. The summed E-state index contributed by atoms with van der Waals surface area (Å²) < 4.78 is 2.74. The van der Waals surface area contributed by atoms with E-state index in [4.69, 9.17) is 9.97 Å². The van der Waals surface area contributed by atoms with Crippen LogP contribution in [0.1, 0.15) is 57.1 Å². The lowest BCUT2D eigenvalue weighted by Crippen LogP contribution is -2.21. The number of fused-ring (bicyclic) bond motifs is 3. The number of benzene rings is 8. The lowest BCUT2D eigenvalue weighted by atomic mass is 9.82. The summed E-state index contributed by atoms with van der Waals surface area (Å²) in [6, 6.07) is 76.4. The van der Waals surface area contributed by atoms with E-state index in [9.17, 15) is 0 Å². The molecule has 11 rings (SSSR count). The predicted molar refractivity (Wildman–Crippen MR) is 301 cm³/mol. The van der Waals surface area contributed by atoms with Crippen molar-refractivity contribution in [1.82, 2.24) is 14.5 Å². The predicted octanol–water partition coefficient (Wildman–Crippen LogP) is 18.1. The molecule has 0 saturated heterocycles. The van der Waals surface area contributed by atoms with Gasteiger partial charge in [0.1, 0.15) is 0 Å². The van der Waals surface area contributed by atoms with Gasteiger partial charge in [-0.2, -0.15) is 0 Å². The molecule has 1 unspecified atom stereocenters. The van der Waals surface area contributed by atoms with Crippen LogP contribution >= 0.6 is 0 Å². The third-order valence-corrected chi connectivity index (χ3v) is 13.8. The van der Waals surface area contributed by atoms with E-state index in [1.54, 1.807) is 0 Å². The van der Waals surface area contributed by atoms with Crippen molar-refractivity contribution in [1.29, 1.82) is 0 Å². The van der Waals surface area contributed by atoms with E-state index >= 15 is 0 Å². The van der Waals surface area contributed by atoms with Crippen LogP contribution < -0.4 is 0 Å². The average Bonchev–Trinajstić information content (AvgIpc) is 4.08. The van der Waals surface area contributed by atoms with E-state index < -0.39 is 0 Å². The van der Waals surface area contributed by atoms with Crippen molar-refractivity contribution in [3.63, 3.8) is 0 Å². The maximum absolute atomic E-state index is 5.43.